The zero-order chi connectivity index (χ0) is 23.6. The number of nitrogens with zero attached hydrogens (tertiary/aromatic N) is 3. The summed E-state index contributed by atoms with van der Waals surface area (Å²) in [5.41, 5.74) is 2.62. The van der Waals surface area contributed by atoms with Crippen LogP contribution in [0.25, 0.3) is 16.0 Å². The van der Waals surface area contributed by atoms with Gasteiger partial charge in [-0.15, -0.1) is 0 Å². The van der Waals surface area contributed by atoms with Crippen LogP contribution in [0.2, 0.25) is 0 Å². The van der Waals surface area contributed by atoms with Gasteiger partial charge in [0.05, 0.1) is 6.92 Å². The molecule has 0 aliphatic rings. The highest BCUT2D eigenvalue weighted by atomic mass is 14.9. The second-order valence-corrected chi connectivity index (χ2v) is 8.85. The zero-order valence-corrected chi connectivity index (χ0v) is 21.7. The summed E-state index contributed by atoms with van der Waals surface area (Å²) < 4.78 is 4.71. The molecule has 0 bridgehead atoms. The third-order valence-corrected chi connectivity index (χ3v) is 6.36. The smallest absolute Gasteiger partial charge is 0.205 e. The maximum absolute atomic E-state index is 3.49. The lowest BCUT2D eigenvalue weighted by Gasteiger charge is -2.11. The van der Waals surface area contributed by atoms with Crippen LogP contribution in [0.4, 0.5) is 0 Å². The first-order valence-electron chi connectivity index (χ1n) is 12.9. The molecule has 2 unspecified atom stereocenters. The first-order valence-corrected chi connectivity index (χ1v) is 12.9. The maximum atomic E-state index is 3.49. The molecule has 0 fully saturated rings. The molecule has 2 rings (SSSR count). The average molecular weight is 439 g/mol. The van der Waals surface area contributed by atoms with Crippen molar-refractivity contribution in [2.24, 2.45) is 11.8 Å². The molecule has 2 atom stereocenters. The Morgan fingerprint density at radius 1 is 0.719 bits per heavy atom. The lowest BCUT2D eigenvalue weighted by atomic mass is 9.99. The molecule has 0 amide bonds. The van der Waals surface area contributed by atoms with Crippen LogP contribution in [0.5, 0.6) is 0 Å². The largest absolute Gasteiger partial charge is 0.269 e. The number of hydrogen-bond acceptors (Lipinski definition) is 0. The number of rotatable bonds is 13. The Bertz CT molecular complexity index is 703. The molecule has 32 heavy (non-hydrogen) atoms. The molecule has 2 aromatic rings. The van der Waals surface area contributed by atoms with Crippen LogP contribution in [-0.4, -0.2) is 7.05 Å². The van der Waals surface area contributed by atoms with E-state index in [2.05, 4.69) is 96.8 Å². The second-order valence-electron chi connectivity index (χ2n) is 8.85. The van der Waals surface area contributed by atoms with Crippen molar-refractivity contribution < 1.29 is 9.13 Å². The quantitative estimate of drug-likeness (QED) is 0.290. The first kappa shape index (κ1) is 27.8. The summed E-state index contributed by atoms with van der Waals surface area (Å²) in [5.74, 6) is 1.59. The second kappa shape index (κ2) is 17.4. The van der Waals surface area contributed by atoms with Crippen molar-refractivity contribution >= 4 is 0 Å². The molecule has 0 spiro atoms. The highest BCUT2D eigenvalue weighted by Crippen LogP contribution is 2.18. The molecule has 3 nitrogen and oxygen atoms in total. The maximum Gasteiger partial charge on any atom is 0.269 e. The molecule has 0 saturated heterocycles. The molecule has 2 aromatic heterocycles. The lowest BCUT2D eigenvalue weighted by molar-refractivity contribution is -0.703. The van der Waals surface area contributed by atoms with Gasteiger partial charge in [-0.05, 0) is 36.8 Å². The highest BCUT2D eigenvalue weighted by molar-refractivity contribution is 5.60. The molecule has 2 heterocycles. The van der Waals surface area contributed by atoms with Crippen molar-refractivity contribution in [2.45, 2.75) is 99.1 Å². The Labute approximate surface area is 198 Å². The Balaban J connectivity index is 0.00000118. The van der Waals surface area contributed by atoms with Crippen molar-refractivity contribution in [1.82, 2.24) is 0 Å². The van der Waals surface area contributed by atoms with Crippen molar-refractivity contribution in [3.63, 3.8) is 0 Å². The minimum absolute atomic E-state index is 0.797. The molecule has 0 radical (unpaired) electrons. The molecular formula is C29H48N3+3. The standard InChI is InChI=1S/C26H42N2.C3H6N/c1-5-9-11-23(7-3)21-27-17-13-25(14-18-27)26-15-19-28(20-16-26)22-24(8-4)12-10-6-2;1-3-4-2/h13-20,23-24H,5-12,21-22H2,1-4H3;1-2H3/q+2;+1. The summed E-state index contributed by atoms with van der Waals surface area (Å²) in [5, 5.41) is 0. The van der Waals surface area contributed by atoms with Gasteiger partial charge in [0.1, 0.15) is 0 Å². The molecule has 0 aliphatic heterocycles. The van der Waals surface area contributed by atoms with Crippen molar-refractivity contribution in [3.05, 3.63) is 53.9 Å². The summed E-state index contributed by atoms with van der Waals surface area (Å²) in [6, 6.07) is 11.6. The third-order valence-electron chi connectivity index (χ3n) is 6.36. The fourth-order valence-electron chi connectivity index (χ4n) is 3.97. The van der Waals surface area contributed by atoms with Gasteiger partial charge in [-0.25, -0.2) is 9.13 Å². The Hall–Kier alpha value is -2.21. The monoisotopic (exact) mass is 438 g/mol. The van der Waals surface area contributed by atoms with E-state index >= 15 is 0 Å². The van der Waals surface area contributed by atoms with Crippen molar-refractivity contribution in [3.8, 4) is 17.2 Å². The molecule has 0 aromatic carbocycles. The van der Waals surface area contributed by atoms with Crippen LogP contribution in [-0.2, 0) is 13.1 Å². The van der Waals surface area contributed by atoms with Gasteiger partial charge in [-0.3, -0.25) is 0 Å². The Kier molecular flexibility index (Phi) is 15.1. The predicted octanol–water partition coefficient (Wildman–Crippen LogP) is 7.33. The van der Waals surface area contributed by atoms with Gasteiger partial charge in [-0.2, -0.15) is 0 Å². The lowest BCUT2D eigenvalue weighted by Crippen LogP contribution is -2.37. The number of pyridine rings is 2. The molecule has 3 heteroatoms. The van der Waals surface area contributed by atoms with Gasteiger partial charge >= 0.3 is 0 Å². The number of hydrogen-bond donors (Lipinski definition) is 0. The summed E-state index contributed by atoms with van der Waals surface area (Å²) in [7, 11) is 1.69. The summed E-state index contributed by atoms with van der Waals surface area (Å²) in [6.07, 6.45) is 19.5. The summed E-state index contributed by atoms with van der Waals surface area (Å²) in [4.78, 5) is 3.49. The molecular weight excluding hydrogens is 390 g/mol. The summed E-state index contributed by atoms with van der Waals surface area (Å²) >= 11 is 0. The Morgan fingerprint density at radius 3 is 1.31 bits per heavy atom. The SMILES string of the molecule is CC#[N+]C.CCCCC(CC)C[n+]1ccc(-c2cc[n+](CC(CC)CCCC)cc2)cc1. The van der Waals surface area contributed by atoms with Gasteiger partial charge in [0.15, 0.2) is 37.9 Å². The van der Waals surface area contributed by atoms with Crippen molar-refractivity contribution in [2.75, 3.05) is 7.05 Å². The summed E-state index contributed by atoms with van der Waals surface area (Å²) in [6.45, 7) is 13.3. The van der Waals surface area contributed by atoms with E-state index in [0.717, 1.165) is 24.9 Å². The topological polar surface area (TPSA) is 12.1 Å². The Morgan fingerprint density at radius 2 is 1.06 bits per heavy atom. The van der Waals surface area contributed by atoms with Gasteiger partial charge in [0.25, 0.3) is 13.1 Å². The number of unbranched alkanes of at least 4 members (excludes halogenated alkanes) is 2. The van der Waals surface area contributed by atoms with Crippen LogP contribution < -0.4 is 9.13 Å². The fourth-order valence-corrected chi connectivity index (χ4v) is 3.97. The van der Waals surface area contributed by atoms with E-state index < -0.39 is 0 Å². The molecule has 0 aliphatic carbocycles. The minimum atomic E-state index is 0.797. The predicted molar refractivity (Wildman–Crippen MR) is 138 cm³/mol. The molecule has 176 valence electrons. The zero-order valence-electron chi connectivity index (χ0n) is 21.7. The van der Waals surface area contributed by atoms with E-state index in [0.29, 0.717) is 0 Å². The van der Waals surface area contributed by atoms with Gasteiger partial charge in [-0.1, -0.05) is 58.2 Å². The van der Waals surface area contributed by atoms with Crippen molar-refractivity contribution in [1.29, 1.82) is 0 Å². The average Bonchev–Trinajstić information content (AvgIpc) is 2.85. The van der Waals surface area contributed by atoms with Gasteiger partial charge in [0.2, 0.25) is 0 Å². The van der Waals surface area contributed by atoms with Crippen LogP contribution in [0.15, 0.2) is 49.1 Å². The van der Waals surface area contributed by atoms with Crippen LogP contribution in [0, 0.1) is 17.9 Å². The number of aromatic nitrogens is 2. The molecule has 0 saturated carbocycles. The van der Waals surface area contributed by atoms with E-state index in [1.54, 1.807) is 14.0 Å². The fraction of sp³-hybridized carbons (Fsp3) is 0.621. The van der Waals surface area contributed by atoms with Gasteiger partial charge < -0.3 is 0 Å². The van der Waals surface area contributed by atoms with E-state index in [9.17, 15) is 0 Å². The molecule has 0 N–H and O–H groups in total. The van der Waals surface area contributed by atoms with Gasteiger partial charge in [0, 0.05) is 36.1 Å². The highest BCUT2D eigenvalue weighted by Gasteiger charge is 2.14. The van der Waals surface area contributed by atoms with Crippen LogP contribution in [0.1, 0.15) is 86.0 Å². The third kappa shape index (κ3) is 10.9. The van der Waals surface area contributed by atoms with E-state index in [4.69, 9.17) is 0 Å². The normalized spacial score (nSPS) is 12.2. The van der Waals surface area contributed by atoms with E-state index in [-0.39, 0.29) is 0 Å². The van der Waals surface area contributed by atoms with Crippen LogP contribution >= 0.6 is 0 Å². The van der Waals surface area contributed by atoms with E-state index in [1.807, 2.05) is 0 Å². The van der Waals surface area contributed by atoms with E-state index in [1.165, 1.54) is 62.5 Å². The minimum Gasteiger partial charge on any atom is -0.205 e. The first-order chi connectivity index (χ1) is 15.6. The van der Waals surface area contributed by atoms with Crippen LogP contribution in [0.3, 0.4) is 0 Å².